The molecule has 1 unspecified atom stereocenters. The number of aliphatic hydroxyl groups excluding tert-OH is 1. The van der Waals surface area contributed by atoms with Crippen LogP contribution in [0.3, 0.4) is 0 Å². The highest BCUT2D eigenvalue weighted by Gasteiger charge is 2.29. The average molecular weight is 405 g/mol. The Hall–Kier alpha value is -0.950. The van der Waals surface area contributed by atoms with Crippen LogP contribution in [-0.2, 0) is 14.2 Å². The number of carbonyl (C=O) groups is 2. The van der Waals surface area contributed by atoms with Crippen molar-refractivity contribution in [2.45, 2.75) is 71.1 Å². The lowest BCUT2D eigenvalue weighted by Crippen LogP contribution is -2.52. The van der Waals surface area contributed by atoms with Gasteiger partial charge in [-0.2, -0.15) is 0 Å². The highest BCUT2D eigenvalue weighted by Crippen LogP contribution is 2.45. The van der Waals surface area contributed by atoms with Crippen molar-refractivity contribution in [1.29, 1.82) is 0 Å². The summed E-state index contributed by atoms with van der Waals surface area (Å²) < 4.78 is 12.4. The normalized spacial score (nSPS) is 21.1. The molecule has 1 fully saturated rings. The van der Waals surface area contributed by atoms with Crippen LogP contribution in [0.1, 0.15) is 52.9 Å². The standard InChI is InChI=1S/C18H36N3O5P/c1-12(2)16(19)18(24)21-13(3)17(23)20-9-15(22)11-27(25,26)10-14-7-5-4-6-8-14/h12-16,22H,4-11,19H2,1-3H3,(H,20,23)(H,21,24)(H,25,26)/t13-,15-,16-/m1/s1. The van der Waals surface area contributed by atoms with E-state index in [0.717, 1.165) is 25.7 Å². The molecule has 0 aromatic heterocycles. The quantitative estimate of drug-likeness (QED) is 0.340. The zero-order chi connectivity index (χ0) is 20.6. The van der Waals surface area contributed by atoms with Gasteiger partial charge >= 0.3 is 0 Å². The molecule has 0 saturated heterocycles. The van der Waals surface area contributed by atoms with Crippen molar-refractivity contribution in [2.24, 2.45) is 17.6 Å². The lowest BCUT2D eigenvalue weighted by molar-refractivity contribution is -0.129. The van der Waals surface area contributed by atoms with Gasteiger partial charge < -0.3 is 26.4 Å². The molecule has 4 atom stereocenters. The molecule has 9 heteroatoms. The van der Waals surface area contributed by atoms with E-state index in [1.165, 1.54) is 13.3 Å². The van der Waals surface area contributed by atoms with E-state index < -0.39 is 37.4 Å². The third-order valence-corrected chi connectivity index (χ3v) is 7.13. The van der Waals surface area contributed by atoms with E-state index in [4.69, 9.17) is 5.73 Å². The summed E-state index contributed by atoms with van der Waals surface area (Å²) in [5.41, 5.74) is 5.73. The molecule has 0 radical (unpaired) electrons. The fraction of sp³-hybridized carbons (Fsp3) is 0.889. The van der Waals surface area contributed by atoms with Gasteiger partial charge in [-0.3, -0.25) is 14.2 Å². The number of nitrogens with two attached hydrogens (primary N) is 1. The van der Waals surface area contributed by atoms with Crippen molar-refractivity contribution in [1.82, 2.24) is 10.6 Å². The summed E-state index contributed by atoms with van der Waals surface area (Å²) in [5, 5.41) is 15.1. The summed E-state index contributed by atoms with van der Waals surface area (Å²) in [6.07, 6.45) is 4.19. The SMILES string of the molecule is CC(C)[C@@H](N)C(=O)N[C@H](C)C(=O)NC[C@@H](O)CP(=O)(O)CC1CCCCC1. The second-order valence-corrected chi connectivity index (χ2v) is 10.5. The van der Waals surface area contributed by atoms with E-state index in [1.807, 2.05) is 13.8 Å². The molecule has 158 valence electrons. The van der Waals surface area contributed by atoms with E-state index >= 15 is 0 Å². The third-order valence-electron chi connectivity index (χ3n) is 5.05. The van der Waals surface area contributed by atoms with Crippen molar-refractivity contribution in [2.75, 3.05) is 18.9 Å². The summed E-state index contributed by atoms with van der Waals surface area (Å²) in [7, 11) is -3.44. The molecular formula is C18H36N3O5P. The fourth-order valence-electron chi connectivity index (χ4n) is 3.29. The molecule has 6 N–H and O–H groups in total. The Morgan fingerprint density at radius 1 is 1.15 bits per heavy atom. The minimum Gasteiger partial charge on any atom is -0.391 e. The van der Waals surface area contributed by atoms with Crippen LogP contribution in [0, 0.1) is 11.8 Å². The summed E-state index contributed by atoms with van der Waals surface area (Å²) >= 11 is 0. The average Bonchev–Trinajstić information content (AvgIpc) is 2.58. The first-order valence-corrected chi connectivity index (χ1v) is 11.9. The summed E-state index contributed by atoms with van der Waals surface area (Å²) in [6, 6.07) is -1.51. The minimum absolute atomic E-state index is 0.0510. The second-order valence-electron chi connectivity index (χ2n) is 8.11. The predicted molar refractivity (Wildman–Crippen MR) is 106 cm³/mol. The van der Waals surface area contributed by atoms with E-state index in [1.54, 1.807) is 0 Å². The van der Waals surface area contributed by atoms with Gasteiger partial charge in [0.15, 0.2) is 0 Å². The summed E-state index contributed by atoms with van der Waals surface area (Å²) in [4.78, 5) is 34.1. The molecule has 0 heterocycles. The number of nitrogens with one attached hydrogen (secondary N) is 2. The van der Waals surface area contributed by atoms with Crippen LogP contribution in [0.4, 0.5) is 0 Å². The molecule has 1 rings (SSSR count). The number of carbonyl (C=O) groups excluding carboxylic acids is 2. The molecule has 0 spiro atoms. The highest BCUT2D eigenvalue weighted by molar-refractivity contribution is 7.58. The van der Waals surface area contributed by atoms with E-state index in [2.05, 4.69) is 10.6 Å². The highest BCUT2D eigenvalue weighted by atomic mass is 31.2. The number of rotatable bonds is 10. The molecule has 1 saturated carbocycles. The van der Waals surface area contributed by atoms with Crippen molar-refractivity contribution in [3.63, 3.8) is 0 Å². The molecule has 0 aromatic rings. The first-order chi connectivity index (χ1) is 12.5. The minimum atomic E-state index is -3.44. The number of hydrogen-bond donors (Lipinski definition) is 5. The maximum Gasteiger partial charge on any atom is 0.242 e. The fourth-order valence-corrected chi connectivity index (χ4v) is 5.40. The zero-order valence-corrected chi connectivity index (χ0v) is 17.6. The van der Waals surface area contributed by atoms with Crippen LogP contribution in [0.5, 0.6) is 0 Å². The van der Waals surface area contributed by atoms with Gasteiger partial charge in [0, 0.05) is 12.7 Å². The molecule has 0 aromatic carbocycles. The smallest absolute Gasteiger partial charge is 0.242 e. The molecule has 1 aliphatic rings. The van der Waals surface area contributed by atoms with Gasteiger partial charge in [0.25, 0.3) is 0 Å². The van der Waals surface area contributed by atoms with Crippen molar-refractivity contribution in [3.8, 4) is 0 Å². The lowest BCUT2D eigenvalue weighted by Gasteiger charge is -2.25. The van der Waals surface area contributed by atoms with E-state index in [9.17, 15) is 24.2 Å². The molecular weight excluding hydrogens is 369 g/mol. The van der Waals surface area contributed by atoms with Crippen molar-refractivity contribution in [3.05, 3.63) is 0 Å². The van der Waals surface area contributed by atoms with E-state index in [-0.39, 0.29) is 30.7 Å². The monoisotopic (exact) mass is 405 g/mol. The second kappa shape index (κ2) is 11.1. The van der Waals surface area contributed by atoms with Gasteiger partial charge in [-0.05, 0) is 31.6 Å². The van der Waals surface area contributed by atoms with Crippen LogP contribution < -0.4 is 16.4 Å². The first kappa shape index (κ1) is 24.1. The van der Waals surface area contributed by atoms with E-state index in [0.29, 0.717) is 0 Å². The largest absolute Gasteiger partial charge is 0.391 e. The van der Waals surface area contributed by atoms with Crippen LogP contribution in [0.15, 0.2) is 0 Å². The Morgan fingerprint density at radius 3 is 2.30 bits per heavy atom. The number of hydrogen-bond acceptors (Lipinski definition) is 5. The van der Waals surface area contributed by atoms with Crippen LogP contribution >= 0.6 is 7.37 Å². The Kier molecular flexibility index (Phi) is 9.95. The van der Waals surface area contributed by atoms with Gasteiger partial charge in [0.05, 0.1) is 18.3 Å². The zero-order valence-electron chi connectivity index (χ0n) is 16.7. The van der Waals surface area contributed by atoms with Gasteiger partial charge in [-0.15, -0.1) is 0 Å². The topological polar surface area (TPSA) is 142 Å². The van der Waals surface area contributed by atoms with Gasteiger partial charge in [0.2, 0.25) is 19.2 Å². The van der Waals surface area contributed by atoms with Crippen LogP contribution in [0.25, 0.3) is 0 Å². The Morgan fingerprint density at radius 2 is 1.74 bits per heavy atom. The predicted octanol–water partition coefficient (Wildman–Crippen LogP) is 0.802. The van der Waals surface area contributed by atoms with Crippen LogP contribution in [0.2, 0.25) is 0 Å². The Balaban J connectivity index is 2.36. The molecule has 1 aliphatic carbocycles. The Bertz CT molecular complexity index is 537. The molecule has 0 bridgehead atoms. The van der Waals surface area contributed by atoms with Gasteiger partial charge in [0.1, 0.15) is 6.04 Å². The molecule has 27 heavy (non-hydrogen) atoms. The molecule has 2 amide bonds. The number of aliphatic hydroxyl groups is 1. The third kappa shape index (κ3) is 9.19. The van der Waals surface area contributed by atoms with Crippen molar-refractivity contribution < 1.29 is 24.2 Å². The summed E-state index contributed by atoms with van der Waals surface area (Å²) in [5.74, 6) is -0.694. The van der Waals surface area contributed by atoms with Gasteiger partial charge in [-0.25, -0.2) is 0 Å². The maximum absolute atomic E-state index is 12.4. The van der Waals surface area contributed by atoms with Crippen molar-refractivity contribution >= 4 is 19.2 Å². The lowest BCUT2D eigenvalue weighted by atomic mass is 9.91. The first-order valence-electron chi connectivity index (χ1n) is 9.84. The molecule has 8 nitrogen and oxygen atoms in total. The van der Waals surface area contributed by atoms with Gasteiger partial charge in [-0.1, -0.05) is 33.1 Å². The Labute approximate surface area is 162 Å². The van der Waals surface area contributed by atoms with Crippen LogP contribution in [-0.4, -0.2) is 58.9 Å². The number of amides is 2. The summed E-state index contributed by atoms with van der Waals surface area (Å²) in [6.45, 7) is 5.01. The maximum atomic E-state index is 12.4. The molecule has 0 aliphatic heterocycles.